The summed E-state index contributed by atoms with van der Waals surface area (Å²) in [5.41, 5.74) is 0.335. The number of benzene rings is 2. The van der Waals surface area contributed by atoms with Crippen LogP contribution in [-0.4, -0.2) is 11.0 Å². The van der Waals surface area contributed by atoms with Crippen molar-refractivity contribution in [3.8, 4) is 5.75 Å². The minimum absolute atomic E-state index is 0.0184. The summed E-state index contributed by atoms with van der Waals surface area (Å²) in [5.74, 6) is -0.494. The number of aromatic hydroxyl groups is 1. The van der Waals surface area contributed by atoms with Gasteiger partial charge in [-0.25, -0.2) is 4.39 Å². The number of amides is 1. The Morgan fingerprint density at radius 2 is 1.87 bits per heavy atom. The van der Waals surface area contributed by atoms with Crippen LogP contribution in [0.4, 0.5) is 10.1 Å². The van der Waals surface area contributed by atoms with Crippen LogP contribution in [0.3, 0.4) is 0 Å². The number of halogens is 1. The topological polar surface area (TPSA) is 49.3 Å². The molecule has 2 rings (SSSR count). The molecule has 0 fully saturated rings. The molecular weight excluding hydrogens is 313 g/mol. The van der Waals surface area contributed by atoms with Crippen LogP contribution in [0.15, 0.2) is 52.3 Å². The fourth-order valence-corrected chi connectivity index (χ4v) is 3.07. The average molecular weight is 333 g/mol. The molecule has 0 saturated carbocycles. The summed E-state index contributed by atoms with van der Waals surface area (Å²) >= 11 is 1.18. The zero-order valence-corrected chi connectivity index (χ0v) is 13.8. The van der Waals surface area contributed by atoms with Gasteiger partial charge in [0.15, 0.2) is 0 Å². The molecule has 3 nitrogen and oxygen atoms in total. The van der Waals surface area contributed by atoms with Crippen LogP contribution in [0.25, 0.3) is 0 Å². The number of anilines is 1. The number of unbranched alkanes of at least 4 members (excludes halogenated alkanes) is 2. The lowest BCUT2D eigenvalue weighted by Gasteiger charge is -2.13. The van der Waals surface area contributed by atoms with E-state index in [-0.39, 0.29) is 17.5 Å². The van der Waals surface area contributed by atoms with Gasteiger partial charge in [0.2, 0.25) is 5.91 Å². The van der Waals surface area contributed by atoms with E-state index in [0.29, 0.717) is 21.9 Å². The van der Waals surface area contributed by atoms with Gasteiger partial charge in [-0.2, -0.15) is 0 Å². The van der Waals surface area contributed by atoms with Crippen LogP contribution in [-0.2, 0) is 4.79 Å². The number of nitrogens with one attached hydrogen (secondary N) is 1. The normalized spacial score (nSPS) is 10.5. The maximum Gasteiger partial charge on any atom is 0.224 e. The van der Waals surface area contributed by atoms with Gasteiger partial charge in [0.1, 0.15) is 11.6 Å². The number of phenols is 1. The van der Waals surface area contributed by atoms with E-state index in [1.54, 1.807) is 30.3 Å². The molecule has 0 radical (unpaired) electrons. The molecule has 0 bridgehead atoms. The number of hydrogen-bond donors (Lipinski definition) is 2. The van der Waals surface area contributed by atoms with Gasteiger partial charge in [-0.15, -0.1) is 0 Å². The van der Waals surface area contributed by atoms with Gasteiger partial charge in [-0.1, -0.05) is 49.7 Å². The SMILES string of the molecule is CCCCCC(=O)Nc1c(O)cccc1Sc1ccccc1F. The first-order valence-electron chi connectivity index (χ1n) is 7.66. The number of para-hydroxylation sites is 1. The molecule has 0 spiro atoms. The lowest BCUT2D eigenvalue weighted by molar-refractivity contribution is -0.116. The number of rotatable bonds is 7. The molecule has 1 amide bonds. The lowest BCUT2D eigenvalue weighted by atomic mass is 10.2. The molecule has 5 heteroatoms. The molecule has 0 aliphatic heterocycles. The quantitative estimate of drug-likeness (QED) is 0.541. The summed E-state index contributed by atoms with van der Waals surface area (Å²) in [6.45, 7) is 2.07. The maximum atomic E-state index is 13.8. The molecule has 23 heavy (non-hydrogen) atoms. The number of carbonyl (C=O) groups excluding carboxylic acids is 1. The lowest BCUT2D eigenvalue weighted by Crippen LogP contribution is -2.12. The third-order valence-corrected chi connectivity index (χ3v) is 4.44. The predicted molar refractivity (Wildman–Crippen MR) is 91.4 cm³/mol. The largest absolute Gasteiger partial charge is 0.506 e. The van der Waals surface area contributed by atoms with Crippen LogP contribution in [0.5, 0.6) is 5.75 Å². The van der Waals surface area contributed by atoms with E-state index >= 15 is 0 Å². The number of carbonyl (C=O) groups is 1. The summed E-state index contributed by atoms with van der Waals surface area (Å²) in [6, 6.07) is 11.3. The van der Waals surface area contributed by atoms with Crippen LogP contribution >= 0.6 is 11.8 Å². The second kappa shape index (κ2) is 8.58. The molecule has 0 heterocycles. The standard InChI is InChI=1S/C18H20FNO2S/c1-2-3-4-12-17(22)20-18-14(21)9-7-11-16(18)23-15-10-6-5-8-13(15)19/h5-11,21H,2-4,12H2,1H3,(H,20,22). The van der Waals surface area contributed by atoms with Crippen LogP contribution in [0.1, 0.15) is 32.6 Å². The highest BCUT2D eigenvalue weighted by Gasteiger charge is 2.13. The summed E-state index contributed by atoms with van der Waals surface area (Å²) in [6.07, 6.45) is 3.25. The van der Waals surface area contributed by atoms with Crippen molar-refractivity contribution in [3.63, 3.8) is 0 Å². The van der Waals surface area contributed by atoms with Crippen LogP contribution in [0.2, 0.25) is 0 Å². The molecule has 2 aromatic carbocycles. The minimum Gasteiger partial charge on any atom is -0.506 e. The summed E-state index contributed by atoms with van der Waals surface area (Å²) in [5, 5.41) is 12.8. The van der Waals surface area contributed by atoms with Crippen molar-refractivity contribution in [1.82, 2.24) is 0 Å². The molecular formula is C18H20FNO2S. The van der Waals surface area contributed by atoms with E-state index < -0.39 is 0 Å². The highest BCUT2D eigenvalue weighted by molar-refractivity contribution is 7.99. The van der Waals surface area contributed by atoms with Crippen molar-refractivity contribution >= 4 is 23.4 Å². The predicted octanol–water partition coefficient (Wildman–Crippen LogP) is 5.20. The van der Waals surface area contributed by atoms with Gasteiger partial charge >= 0.3 is 0 Å². The van der Waals surface area contributed by atoms with Crippen molar-refractivity contribution in [1.29, 1.82) is 0 Å². The summed E-state index contributed by atoms with van der Waals surface area (Å²) in [7, 11) is 0. The Bertz CT molecular complexity index is 676. The van der Waals surface area contributed by atoms with Gasteiger partial charge in [0, 0.05) is 16.2 Å². The minimum atomic E-state index is -0.332. The van der Waals surface area contributed by atoms with Crippen LogP contribution < -0.4 is 5.32 Å². The number of phenolic OH excluding ortho intramolecular Hbond substituents is 1. The van der Waals surface area contributed by atoms with Crippen molar-refractivity contribution in [2.24, 2.45) is 0 Å². The Kier molecular flexibility index (Phi) is 6.47. The van der Waals surface area contributed by atoms with Gasteiger partial charge in [-0.05, 0) is 30.7 Å². The van der Waals surface area contributed by atoms with Gasteiger partial charge in [0.05, 0.1) is 5.69 Å². The van der Waals surface area contributed by atoms with E-state index in [2.05, 4.69) is 12.2 Å². The van der Waals surface area contributed by atoms with Gasteiger partial charge < -0.3 is 10.4 Å². The fourth-order valence-electron chi connectivity index (χ4n) is 2.11. The zero-order chi connectivity index (χ0) is 16.7. The van der Waals surface area contributed by atoms with E-state index in [0.717, 1.165) is 19.3 Å². The fraction of sp³-hybridized carbons (Fsp3) is 0.278. The highest BCUT2D eigenvalue weighted by Crippen LogP contribution is 2.39. The number of hydrogen-bond acceptors (Lipinski definition) is 3. The molecule has 0 unspecified atom stereocenters. The Labute approximate surface area is 139 Å². The zero-order valence-electron chi connectivity index (χ0n) is 13.0. The molecule has 0 aliphatic rings. The third-order valence-electron chi connectivity index (χ3n) is 3.33. The maximum absolute atomic E-state index is 13.8. The molecule has 0 saturated heterocycles. The Hall–Kier alpha value is -2.01. The van der Waals surface area contributed by atoms with Crippen molar-refractivity contribution in [2.75, 3.05) is 5.32 Å². The van der Waals surface area contributed by atoms with E-state index in [1.165, 1.54) is 23.9 Å². The first kappa shape index (κ1) is 17.3. The van der Waals surface area contributed by atoms with Crippen molar-refractivity contribution < 1.29 is 14.3 Å². The van der Waals surface area contributed by atoms with Crippen molar-refractivity contribution in [3.05, 3.63) is 48.3 Å². The third kappa shape index (κ3) is 4.99. The highest BCUT2D eigenvalue weighted by atomic mass is 32.2. The Morgan fingerprint density at radius 3 is 2.61 bits per heavy atom. The Morgan fingerprint density at radius 1 is 1.13 bits per heavy atom. The molecule has 2 N–H and O–H groups in total. The van der Waals surface area contributed by atoms with Crippen molar-refractivity contribution in [2.45, 2.75) is 42.4 Å². The Balaban J connectivity index is 2.16. The first-order valence-corrected chi connectivity index (χ1v) is 8.47. The molecule has 0 aromatic heterocycles. The summed E-state index contributed by atoms with van der Waals surface area (Å²) in [4.78, 5) is 13.1. The van der Waals surface area contributed by atoms with Crippen LogP contribution in [0, 0.1) is 5.82 Å². The molecule has 2 aromatic rings. The summed E-state index contributed by atoms with van der Waals surface area (Å²) < 4.78 is 13.8. The second-order valence-corrected chi connectivity index (χ2v) is 6.27. The molecule has 122 valence electrons. The average Bonchev–Trinajstić information content (AvgIpc) is 2.53. The van der Waals surface area contributed by atoms with Gasteiger partial charge in [0.25, 0.3) is 0 Å². The monoisotopic (exact) mass is 333 g/mol. The molecule has 0 atom stereocenters. The smallest absolute Gasteiger partial charge is 0.224 e. The molecule has 0 aliphatic carbocycles. The second-order valence-electron chi connectivity index (χ2n) is 5.19. The van der Waals surface area contributed by atoms with E-state index in [1.807, 2.05) is 0 Å². The van der Waals surface area contributed by atoms with E-state index in [9.17, 15) is 14.3 Å². The van der Waals surface area contributed by atoms with Gasteiger partial charge in [-0.3, -0.25) is 4.79 Å². The van der Waals surface area contributed by atoms with E-state index in [4.69, 9.17) is 0 Å². The first-order chi connectivity index (χ1) is 11.1.